The Morgan fingerprint density at radius 2 is 1.63 bits per heavy atom. The lowest BCUT2D eigenvalue weighted by molar-refractivity contribution is -0.0133. The summed E-state index contributed by atoms with van der Waals surface area (Å²) in [6, 6.07) is 18.8. The number of likely N-dealkylation sites (tertiary alicyclic amines) is 1. The summed E-state index contributed by atoms with van der Waals surface area (Å²) in [7, 11) is 0. The van der Waals surface area contributed by atoms with Crippen LogP contribution in [0.4, 0.5) is 0 Å². The van der Waals surface area contributed by atoms with E-state index in [2.05, 4.69) is 54.3 Å². The number of hydrogen-bond acceptors (Lipinski definition) is 3. The summed E-state index contributed by atoms with van der Waals surface area (Å²) < 4.78 is 5.65. The highest BCUT2D eigenvalue weighted by Gasteiger charge is 2.40. The van der Waals surface area contributed by atoms with Gasteiger partial charge in [-0.2, -0.15) is 0 Å². The van der Waals surface area contributed by atoms with E-state index >= 15 is 0 Å². The van der Waals surface area contributed by atoms with Crippen LogP contribution in [0.2, 0.25) is 0 Å². The maximum Gasteiger partial charge on any atom is 0.119 e. The number of aliphatic hydroxyl groups is 1. The smallest absolute Gasteiger partial charge is 0.119 e. The summed E-state index contributed by atoms with van der Waals surface area (Å²) in [4.78, 5) is 2.53. The maximum atomic E-state index is 12.3. The average Bonchev–Trinajstić information content (AvgIpc) is 3.30. The molecule has 3 heteroatoms. The van der Waals surface area contributed by atoms with Crippen molar-refractivity contribution in [2.45, 2.75) is 70.3 Å². The van der Waals surface area contributed by atoms with E-state index < -0.39 is 5.60 Å². The highest BCUT2D eigenvalue weighted by molar-refractivity contribution is 5.35. The molecule has 1 aliphatic rings. The zero-order valence-electron chi connectivity index (χ0n) is 18.9. The van der Waals surface area contributed by atoms with Crippen LogP contribution in [0.3, 0.4) is 0 Å². The number of ether oxygens (including phenoxy) is 1. The third-order valence-corrected chi connectivity index (χ3v) is 6.49. The van der Waals surface area contributed by atoms with Gasteiger partial charge in [-0.1, -0.05) is 75.1 Å². The van der Waals surface area contributed by atoms with E-state index in [1.165, 1.54) is 37.7 Å². The van der Waals surface area contributed by atoms with E-state index in [0.717, 1.165) is 43.8 Å². The van der Waals surface area contributed by atoms with E-state index in [1.807, 2.05) is 19.1 Å². The molecule has 1 aliphatic heterocycles. The second-order valence-corrected chi connectivity index (χ2v) is 8.66. The van der Waals surface area contributed by atoms with Gasteiger partial charge >= 0.3 is 0 Å². The SMILES string of the molecule is CCCCCC[C@](O)(c1ccc(OCC)cc1)[C@H](CN1CCCC1)c1ccccc1. The van der Waals surface area contributed by atoms with Gasteiger partial charge in [0.2, 0.25) is 0 Å². The van der Waals surface area contributed by atoms with Gasteiger partial charge in [0.15, 0.2) is 0 Å². The molecule has 1 saturated heterocycles. The van der Waals surface area contributed by atoms with Crippen molar-refractivity contribution < 1.29 is 9.84 Å². The van der Waals surface area contributed by atoms with E-state index in [1.54, 1.807) is 0 Å². The fourth-order valence-corrected chi connectivity index (χ4v) is 4.79. The van der Waals surface area contributed by atoms with Gasteiger partial charge in [-0.25, -0.2) is 0 Å². The number of hydrogen-bond donors (Lipinski definition) is 1. The molecule has 164 valence electrons. The van der Waals surface area contributed by atoms with E-state index in [9.17, 15) is 5.11 Å². The first-order chi connectivity index (χ1) is 14.7. The Balaban J connectivity index is 1.94. The van der Waals surface area contributed by atoms with Crippen molar-refractivity contribution in [1.82, 2.24) is 4.90 Å². The van der Waals surface area contributed by atoms with Gasteiger partial charge in [0.1, 0.15) is 5.75 Å². The van der Waals surface area contributed by atoms with Gasteiger partial charge in [0.05, 0.1) is 12.2 Å². The number of benzene rings is 2. The fourth-order valence-electron chi connectivity index (χ4n) is 4.79. The molecule has 2 atom stereocenters. The van der Waals surface area contributed by atoms with Crippen LogP contribution in [-0.4, -0.2) is 36.2 Å². The van der Waals surface area contributed by atoms with Gasteiger partial charge < -0.3 is 14.7 Å². The molecule has 0 unspecified atom stereocenters. The van der Waals surface area contributed by atoms with Crippen LogP contribution in [0.5, 0.6) is 5.75 Å². The molecule has 3 rings (SSSR count). The topological polar surface area (TPSA) is 32.7 Å². The zero-order chi connectivity index (χ0) is 21.2. The van der Waals surface area contributed by atoms with E-state index in [4.69, 9.17) is 4.74 Å². The molecule has 0 bridgehead atoms. The summed E-state index contributed by atoms with van der Waals surface area (Å²) in [5, 5.41) is 12.3. The van der Waals surface area contributed by atoms with Crippen LogP contribution in [0, 0.1) is 0 Å². The standard InChI is InChI=1S/C27H39NO2/c1-3-5-6-10-19-27(29,24-15-17-25(18-16-24)30-4-2)26(22-28-20-11-12-21-28)23-13-8-7-9-14-23/h7-9,13-18,26,29H,3-6,10-12,19-22H2,1-2H3/t26-,27+/m1/s1. The summed E-state index contributed by atoms with van der Waals surface area (Å²) in [5.41, 5.74) is 1.36. The molecule has 0 aliphatic carbocycles. The Morgan fingerprint density at radius 3 is 2.27 bits per heavy atom. The fraction of sp³-hybridized carbons (Fsp3) is 0.556. The van der Waals surface area contributed by atoms with Crippen LogP contribution in [0.15, 0.2) is 54.6 Å². The molecule has 0 aromatic heterocycles. The zero-order valence-corrected chi connectivity index (χ0v) is 18.9. The molecule has 0 radical (unpaired) electrons. The summed E-state index contributed by atoms with van der Waals surface area (Å²) in [6.45, 7) is 8.07. The molecule has 1 heterocycles. The van der Waals surface area contributed by atoms with Crippen molar-refractivity contribution in [3.8, 4) is 5.75 Å². The normalized spacial score (nSPS) is 17.6. The molecule has 0 amide bonds. The van der Waals surface area contributed by atoms with Crippen LogP contribution >= 0.6 is 0 Å². The largest absolute Gasteiger partial charge is 0.494 e. The number of rotatable bonds is 12. The Hall–Kier alpha value is -1.84. The van der Waals surface area contributed by atoms with Gasteiger partial charge in [0, 0.05) is 12.5 Å². The van der Waals surface area contributed by atoms with Gasteiger partial charge in [-0.15, -0.1) is 0 Å². The predicted molar refractivity (Wildman–Crippen MR) is 125 cm³/mol. The summed E-state index contributed by atoms with van der Waals surface area (Å²) >= 11 is 0. The van der Waals surface area contributed by atoms with E-state index in [-0.39, 0.29) is 5.92 Å². The number of nitrogens with zero attached hydrogens (tertiary/aromatic N) is 1. The molecule has 0 spiro atoms. The summed E-state index contributed by atoms with van der Waals surface area (Å²) in [6.07, 6.45) is 7.95. The second kappa shape index (κ2) is 11.5. The van der Waals surface area contributed by atoms with Crippen molar-refractivity contribution in [3.05, 3.63) is 65.7 Å². The Labute approximate surface area is 183 Å². The second-order valence-electron chi connectivity index (χ2n) is 8.66. The van der Waals surface area contributed by atoms with Crippen molar-refractivity contribution in [3.63, 3.8) is 0 Å². The lowest BCUT2D eigenvalue weighted by Crippen LogP contribution is -2.40. The van der Waals surface area contributed by atoms with Gasteiger partial charge in [-0.3, -0.25) is 0 Å². The lowest BCUT2D eigenvalue weighted by Gasteiger charge is -2.39. The Morgan fingerprint density at radius 1 is 0.933 bits per heavy atom. The van der Waals surface area contributed by atoms with Crippen molar-refractivity contribution in [2.24, 2.45) is 0 Å². The minimum Gasteiger partial charge on any atom is -0.494 e. The third kappa shape index (κ3) is 5.86. The Kier molecular flexibility index (Phi) is 8.77. The minimum absolute atomic E-state index is 0.0522. The molecule has 3 nitrogen and oxygen atoms in total. The van der Waals surface area contributed by atoms with Crippen molar-refractivity contribution in [1.29, 1.82) is 0 Å². The molecule has 2 aromatic rings. The molecular formula is C27H39NO2. The molecule has 0 saturated carbocycles. The molecular weight excluding hydrogens is 370 g/mol. The third-order valence-electron chi connectivity index (χ3n) is 6.49. The minimum atomic E-state index is -0.886. The molecule has 1 fully saturated rings. The van der Waals surface area contributed by atoms with Gasteiger partial charge in [-0.05, 0) is 62.5 Å². The monoisotopic (exact) mass is 409 g/mol. The molecule has 1 N–H and O–H groups in total. The lowest BCUT2D eigenvalue weighted by atomic mass is 9.74. The predicted octanol–water partition coefficient (Wildman–Crippen LogP) is 6.12. The van der Waals surface area contributed by atoms with Gasteiger partial charge in [0.25, 0.3) is 0 Å². The van der Waals surface area contributed by atoms with E-state index in [0.29, 0.717) is 6.61 Å². The Bertz CT molecular complexity index is 724. The first-order valence-corrected chi connectivity index (χ1v) is 11.9. The van der Waals surface area contributed by atoms with Crippen LogP contribution in [0.1, 0.15) is 75.8 Å². The van der Waals surface area contributed by atoms with Crippen molar-refractivity contribution in [2.75, 3.05) is 26.2 Å². The maximum absolute atomic E-state index is 12.3. The van der Waals surface area contributed by atoms with Crippen molar-refractivity contribution >= 4 is 0 Å². The first kappa shape index (κ1) is 22.8. The van der Waals surface area contributed by atoms with Crippen LogP contribution < -0.4 is 4.74 Å². The quantitative estimate of drug-likeness (QED) is 0.428. The highest BCUT2D eigenvalue weighted by atomic mass is 16.5. The molecule has 2 aromatic carbocycles. The highest BCUT2D eigenvalue weighted by Crippen LogP contribution is 2.42. The average molecular weight is 410 g/mol. The molecule has 30 heavy (non-hydrogen) atoms. The van der Waals surface area contributed by atoms with Crippen LogP contribution in [-0.2, 0) is 5.60 Å². The first-order valence-electron chi connectivity index (χ1n) is 11.9. The number of unbranched alkanes of at least 4 members (excludes halogenated alkanes) is 3. The summed E-state index contributed by atoms with van der Waals surface area (Å²) in [5.74, 6) is 0.918. The van der Waals surface area contributed by atoms with Crippen LogP contribution in [0.25, 0.3) is 0 Å².